The molecule has 1 atom stereocenters. The molecule has 116 valence electrons. The zero-order valence-corrected chi connectivity index (χ0v) is 13.2. The lowest BCUT2D eigenvalue weighted by Crippen LogP contribution is -2.29. The average Bonchev–Trinajstić information content (AvgIpc) is 3.15. The van der Waals surface area contributed by atoms with Crippen LogP contribution in [0.4, 0.5) is 0 Å². The van der Waals surface area contributed by atoms with Gasteiger partial charge in [-0.05, 0) is 55.9 Å². The first-order valence-corrected chi connectivity index (χ1v) is 7.99. The van der Waals surface area contributed by atoms with Gasteiger partial charge in [-0.15, -0.1) is 0 Å². The van der Waals surface area contributed by atoms with Gasteiger partial charge in [0.1, 0.15) is 12.2 Å². The molecule has 0 saturated carbocycles. The third-order valence-corrected chi connectivity index (χ3v) is 4.18. The fourth-order valence-electron chi connectivity index (χ4n) is 3.05. The first kappa shape index (κ1) is 14.8. The van der Waals surface area contributed by atoms with Crippen molar-refractivity contribution in [1.29, 1.82) is 0 Å². The molecule has 22 heavy (non-hydrogen) atoms. The number of aryl methyl sites for hydroxylation is 3. The molecule has 1 amide bonds. The van der Waals surface area contributed by atoms with E-state index in [1.807, 2.05) is 23.7 Å². The quantitative estimate of drug-likeness (QED) is 0.923. The maximum absolute atomic E-state index is 12.5. The van der Waals surface area contributed by atoms with Gasteiger partial charge in [-0.25, -0.2) is 9.67 Å². The SMILES string of the molecule is CCCn1ncnc1[C@@H](C)NC(=O)c1ccc2c(c1)CCC2. The Morgan fingerprint density at radius 2 is 2.18 bits per heavy atom. The molecule has 1 aromatic heterocycles. The predicted molar refractivity (Wildman–Crippen MR) is 84.7 cm³/mol. The molecule has 5 nitrogen and oxygen atoms in total. The van der Waals surface area contributed by atoms with E-state index in [0.29, 0.717) is 0 Å². The Balaban J connectivity index is 1.72. The molecule has 0 saturated heterocycles. The molecule has 0 aliphatic heterocycles. The van der Waals surface area contributed by atoms with Gasteiger partial charge in [0.25, 0.3) is 5.91 Å². The van der Waals surface area contributed by atoms with Crippen LogP contribution in [-0.2, 0) is 19.4 Å². The Hall–Kier alpha value is -2.17. The van der Waals surface area contributed by atoms with Crippen LogP contribution in [0.5, 0.6) is 0 Å². The average molecular weight is 298 g/mol. The zero-order chi connectivity index (χ0) is 15.5. The van der Waals surface area contributed by atoms with Crippen molar-refractivity contribution in [3.63, 3.8) is 0 Å². The Labute approximate surface area is 130 Å². The first-order chi connectivity index (χ1) is 10.7. The molecular formula is C17H22N4O. The third-order valence-electron chi connectivity index (χ3n) is 4.18. The van der Waals surface area contributed by atoms with E-state index in [-0.39, 0.29) is 11.9 Å². The predicted octanol–water partition coefficient (Wildman–Crippen LogP) is 2.67. The number of rotatable bonds is 5. The van der Waals surface area contributed by atoms with Gasteiger partial charge < -0.3 is 5.32 Å². The molecule has 2 aromatic rings. The summed E-state index contributed by atoms with van der Waals surface area (Å²) in [6, 6.07) is 5.88. The van der Waals surface area contributed by atoms with Gasteiger partial charge >= 0.3 is 0 Å². The summed E-state index contributed by atoms with van der Waals surface area (Å²) in [4.78, 5) is 16.7. The lowest BCUT2D eigenvalue weighted by molar-refractivity contribution is 0.0937. The van der Waals surface area contributed by atoms with E-state index in [2.05, 4.69) is 28.4 Å². The van der Waals surface area contributed by atoms with Crippen LogP contribution in [0.15, 0.2) is 24.5 Å². The summed E-state index contributed by atoms with van der Waals surface area (Å²) in [5.41, 5.74) is 3.43. The van der Waals surface area contributed by atoms with Crippen LogP contribution in [0, 0.1) is 0 Å². The van der Waals surface area contributed by atoms with Crippen molar-refractivity contribution in [2.75, 3.05) is 0 Å². The molecule has 1 aliphatic rings. The van der Waals surface area contributed by atoms with Gasteiger partial charge in [-0.1, -0.05) is 13.0 Å². The number of hydrogen-bond acceptors (Lipinski definition) is 3. The molecule has 0 fully saturated rings. The van der Waals surface area contributed by atoms with E-state index in [9.17, 15) is 4.79 Å². The number of carbonyl (C=O) groups is 1. The standard InChI is InChI=1S/C17H22N4O/c1-3-9-21-16(18-11-19-21)12(2)20-17(22)15-8-7-13-5-4-6-14(13)10-15/h7-8,10-12H,3-6,9H2,1-2H3,(H,20,22)/t12-/m1/s1. The van der Waals surface area contributed by atoms with Crippen LogP contribution in [0.25, 0.3) is 0 Å². The summed E-state index contributed by atoms with van der Waals surface area (Å²) in [6.45, 7) is 4.86. The topological polar surface area (TPSA) is 59.8 Å². The summed E-state index contributed by atoms with van der Waals surface area (Å²) >= 11 is 0. The molecule has 0 radical (unpaired) electrons. The molecule has 1 N–H and O–H groups in total. The highest BCUT2D eigenvalue weighted by Crippen LogP contribution is 2.23. The number of aromatic nitrogens is 3. The van der Waals surface area contributed by atoms with Crippen molar-refractivity contribution >= 4 is 5.91 Å². The molecular weight excluding hydrogens is 276 g/mol. The molecule has 1 aliphatic carbocycles. The highest BCUT2D eigenvalue weighted by atomic mass is 16.1. The molecule has 0 unspecified atom stereocenters. The molecule has 1 aromatic carbocycles. The van der Waals surface area contributed by atoms with Gasteiger partial charge in [0.15, 0.2) is 0 Å². The number of nitrogens with one attached hydrogen (secondary N) is 1. The molecule has 3 rings (SSSR count). The highest BCUT2D eigenvalue weighted by molar-refractivity contribution is 5.94. The minimum Gasteiger partial charge on any atom is -0.342 e. The Morgan fingerprint density at radius 3 is 3.00 bits per heavy atom. The maximum atomic E-state index is 12.5. The first-order valence-electron chi connectivity index (χ1n) is 7.99. The second-order valence-corrected chi connectivity index (χ2v) is 5.87. The van der Waals surface area contributed by atoms with Crippen molar-refractivity contribution in [1.82, 2.24) is 20.1 Å². The lowest BCUT2D eigenvalue weighted by atomic mass is 10.1. The third kappa shape index (κ3) is 2.89. The van der Waals surface area contributed by atoms with E-state index in [1.54, 1.807) is 6.33 Å². The zero-order valence-electron chi connectivity index (χ0n) is 13.2. The van der Waals surface area contributed by atoms with Crippen molar-refractivity contribution in [3.8, 4) is 0 Å². The van der Waals surface area contributed by atoms with E-state index < -0.39 is 0 Å². The van der Waals surface area contributed by atoms with Crippen LogP contribution >= 0.6 is 0 Å². The van der Waals surface area contributed by atoms with Crippen LogP contribution in [-0.4, -0.2) is 20.7 Å². The Morgan fingerprint density at radius 1 is 1.36 bits per heavy atom. The number of nitrogens with zero attached hydrogens (tertiary/aromatic N) is 3. The van der Waals surface area contributed by atoms with Crippen molar-refractivity contribution < 1.29 is 4.79 Å². The number of benzene rings is 1. The van der Waals surface area contributed by atoms with Gasteiger partial charge in [-0.3, -0.25) is 4.79 Å². The molecule has 0 spiro atoms. The minimum absolute atomic E-state index is 0.0479. The number of hydrogen-bond donors (Lipinski definition) is 1. The number of carbonyl (C=O) groups excluding carboxylic acids is 1. The van der Waals surface area contributed by atoms with E-state index in [4.69, 9.17) is 0 Å². The van der Waals surface area contributed by atoms with E-state index >= 15 is 0 Å². The van der Waals surface area contributed by atoms with Crippen LogP contribution in [0.3, 0.4) is 0 Å². The van der Waals surface area contributed by atoms with Gasteiger partial charge in [0.05, 0.1) is 6.04 Å². The minimum atomic E-state index is -0.158. The fourth-order valence-corrected chi connectivity index (χ4v) is 3.05. The van der Waals surface area contributed by atoms with Gasteiger partial charge in [0.2, 0.25) is 0 Å². The summed E-state index contributed by atoms with van der Waals surface area (Å²) < 4.78 is 1.85. The maximum Gasteiger partial charge on any atom is 0.251 e. The van der Waals surface area contributed by atoms with Crippen molar-refractivity contribution in [3.05, 3.63) is 47.0 Å². The summed E-state index contributed by atoms with van der Waals surface area (Å²) in [6.07, 6.45) is 5.94. The molecule has 1 heterocycles. The second-order valence-electron chi connectivity index (χ2n) is 5.87. The summed E-state index contributed by atoms with van der Waals surface area (Å²) in [5.74, 6) is 0.754. The smallest absolute Gasteiger partial charge is 0.251 e. The number of fused-ring (bicyclic) bond motifs is 1. The number of amides is 1. The molecule has 5 heteroatoms. The van der Waals surface area contributed by atoms with Crippen LogP contribution < -0.4 is 5.32 Å². The fraction of sp³-hybridized carbons (Fsp3) is 0.471. The Kier molecular flexibility index (Phi) is 4.22. The van der Waals surface area contributed by atoms with Crippen molar-refractivity contribution in [2.45, 2.75) is 52.1 Å². The lowest BCUT2D eigenvalue weighted by Gasteiger charge is -2.15. The largest absolute Gasteiger partial charge is 0.342 e. The second kappa shape index (κ2) is 6.30. The van der Waals surface area contributed by atoms with Gasteiger partial charge in [-0.2, -0.15) is 5.10 Å². The molecule has 0 bridgehead atoms. The van der Waals surface area contributed by atoms with Crippen LogP contribution in [0.2, 0.25) is 0 Å². The summed E-state index contributed by atoms with van der Waals surface area (Å²) in [5, 5.41) is 7.23. The van der Waals surface area contributed by atoms with E-state index in [1.165, 1.54) is 17.5 Å². The normalized spacial score (nSPS) is 14.6. The Bertz CT molecular complexity index is 677. The van der Waals surface area contributed by atoms with Gasteiger partial charge in [0, 0.05) is 12.1 Å². The van der Waals surface area contributed by atoms with E-state index in [0.717, 1.165) is 37.2 Å². The summed E-state index contributed by atoms with van der Waals surface area (Å²) in [7, 11) is 0. The van der Waals surface area contributed by atoms with Crippen molar-refractivity contribution in [2.24, 2.45) is 0 Å². The monoisotopic (exact) mass is 298 g/mol. The van der Waals surface area contributed by atoms with Crippen LogP contribution in [0.1, 0.15) is 60.0 Å². The highest BCUT2D eigenvalue weighted by Gasteiger charge is 2.18.